The molecule has 0 atom stereocenters. The number of anilines is 1. The van der Waals surface area contributed by atoms with Gasteiger partial charge in [-0.1, -0.05) is 32.9 Å². The Morgan fingerprint density at radius 3 is 2.35 bits per heavy atom. The number of H-pyrrole nitrogens is 1. The number of aromatic amines is 1. The van der Waals surface area contributed by atoms with Gasteiger partial charge in [-0.2, -0.15) is 0 Å². The SMILES string of the molecule is C=C(C)C1CC1.CC(C)(C)c1cc2cc(N)ccc2[nH]1. The first-order chi connectivity index (χ1) is 9.27. The summed E-state index contributed by atoms with van der Waals surface area (Å²) in [6.07, 6.45) is 2.80. The van der Waals surface area contributed by atoms with E-state index in [1.165, 1.54) is 29.5 Å². The van der Waals surface area contributed by atoms with Crippen LogP contribution in [0.2, 0.25) is 0 Å². The van der Waals surface area contributed by atoms with Gasteiger partial charge in [0.25, 0.3) is 0 Å². The molecule has 0 bridgehead atoms. The molecule has 3 N–H and O–H groups in total. The highest BCUT2D eigenvalue weighted by Crippen LogP contribution is 2.34. The minimum Gasteiger partial charge on any atom is -0.399 e. The summed E-state index contributed by atoms with van der Waals surface area (Å²) in [5, 5.41) is 1.19. The van der Waals surface area contributed by atoms with Crippen LogP contribution in [0.25, 0.3) is 10.9 Å². The third-order valence-electron chi connectivity index (χ3n) is 3.73. The number of nitrogens with one attached hydrogen (secondary N) is 1. The van der Waals surface area contributed by atoms with Gasteiger partial charge in [-0.15, -0.1) is 0 Å². The molecule has 0 saturated heterocycles. The van der Waals surface area contributed by atoms with E-state index in [1.807, 2.05) is 18.2 Å². The maximum absolute atomic E-state index is 5.73. The molecule has 2 heteroatoms. The number of hydrogen-bond donors (Lipinski definition) is 2. The molecule has 0 amide bonds. The van der Waals surface area contributed by atoms with Crippen LogP contribution >= 0.6 is 0 Å². The Labute approximate surface area is 122 Å². The molecule has 2 nitrogen and oxygen atoms in total. The number of aromatic nitrogens is 1. The van der Waals surface area contributed by atoms with Crippen molar-refractivity contribution in [2.75, 3.05) is 5.73 Å². The van der Waals surface area contributed by atoms with Crippen LogP contribution in [0.15, 0.2) is 36.4 Å². The second kappa shape index (κ2) is 5.35. The molecular formula is C18H26N2. The van der Waals surface area contributed by atoms with Gasteiger partial charge in [-0.05, 0) is 49.9 Å². The molecule has 0 unspecified atom stereocenters. The summed E-state index contributed by atoms with van der Waals surface area (Å²) >= 11 is 0. The molecule has 1 saturated carbocycles. The first-order valence-electron chi connectivity index (χ1n) is 7.31. The lowest BCUT2D eigenvalue weighted by molar-refractivity contribution is 0.574. The topological polar surface area (TPSA) is 41.8 Å². The quantitative estimate of drug-likeness (QED) is 0.554. The van der Waals surface area contributed by atoms with Gasteiger partial charge in [0.05, 0.1) is 0 Å². The molecule has 20 heavy (non-hydrogen) atoms. The Morgan fingerprint density at radius 2 is 1.90 bits per heavy atom. The number of rotatable bonds is 1. The van der Waals surface area contributed by atoms with Gasteiger partial charge in [-0.25, -0.2) is 0 Å². The van der Waals surface area contributed by atoms with Crippen molar-refractivity contribution in [1.29, 1.82) is 0 Å². The van der Waals surface area contributed by atoms with E-state index in [2.05, 4.69) is 45.3 Å². The molecule has 1 aliphatic rings. The van der Waals surface area contributed by atoms with Crippen LogP contribution in [0.5, 0.6) is 0 Å². The number of allylic oxidation sites excluding steroid dienone is 1. The molecule has 1 heterocycles. The van der Waals surface area contributed by atoms with Crippen molar-refractivity contribution in [2.45, 2.75) is 46.0 Å². The first-order valence-corrected chi connectivity index (χ1v) is 7.31. The van der Waals surface area contributed by atoms with E-state index >= 15 is 0 Å². The summed E-state index contributed by atoms with van der Waals surface area (Å²) < 4.78 is 0. The Morgan fingerprint density at radius 1 is 1.25 bits per heavy atom. The van der Waals surface area contributed by atoms with E-state index in [1.54, 1.807) is 0 Å². The van der Waals surface area contributed by atoms with Crippen LogP contribution in [0, 0.1) is 5.92 Å². The standard InChI is InChI=1S/C12H16N2.C6H10/c1-12(2,3)11-7-8-6-9(13)4-5-10(8)14-11;1-5(2)6-3-4-6/h4-7,14H,13H2,1-3H3;6H,1,3-4H2,2H3. The second-order valence-electron chi connectivity index (χ2n) is 6.90. The summed E-state index contributed by atoms with van der Waals surface area (Å²) in [7, 11) is 0. The van der Waals surface area contributed by atoms with E-state index in [-0.39, 0.29) is 5.41 Å². The zero-order chi connectivity index (χ0) is 14.9. The van der Waals surface area contributed by atoms with Gasteiger partial charge < -0.3 is 10.7 Å². The Hall–Kier alpha value is -1.70. The van der Waals surface area contributed by atoms with Crippen molar-refractivity contribution in [3.05, 3.63) is 42.1 Å². The fourth-order valence-electron chi connectivity index (χ4n) is 2.13. The Bertz CT molecular complexity index is 610. The maximum atomic E-state index is 5.73. The molecule has 0 aliphatic heterocycles. The van der Waals surface area contributed by atoms with Gasteiger partial charge >= 0.3 is 0 Å². The summed E-state index contributed by atoms with van der Waals surface area (Å²) in [4.78, 5) is 3.41. The summed E-state index contributed by atoms with van der Waals surface area (Å²) in [5.41, 5.74) is 10.5. The van der Waals surface area contributed by atoms with Gasteiger partial charge in [0.2, 0.25) is 0 Å². The van der Waals surface area contributed by atoms with Gasteiger partial charge in [0, 0.05) is 27.7 Å². The number of nitrogens with two attached hydrogens (primary N) is 1. The fraction of sp³-hybridized carbons (Fsp3) is 0.444. The van der Waals surface area contributed by atoms with Crippen LogP contribution in [-0.4, -0.2) is 4.98 Å². The minimum absolute atomic E-state index is 0.160. The van der Waals surface area contributed by atoms with Crippen LogP contribution in [0.1, 0.15) is 46.2 Å². The lowest BCUT2D eigenvalue weighted by Crippen LogP contribution is -2.10. The van der Waals surface area contributed by atoms with Crippen LogP contribution < -0.4 is 5.73 Å². The van der Waals surface area contributed by atoms with Crippen molar-refractivity contribution in [1.82, 2.24) is 4.98 Å². The minimum atomic E-state index is 0.160. The van der Waals surface area contributed by atoms with E-state index in [0.29, 0.717) is 0 Å². The van der Waals surface area contributed by atoms with Crippen LogP contribution in [-0.2, 0) is 5.41 Å². The van der Waals surface area contributed by atoms with Gasteiger partial charge in [0.1, 0.15) is 0 Å². The number of fused-ring (bicyclic) bond motifs is 1. The predicted molar refractivity (Wildman–Crippen MR) is 88.9 cm³/mol. The molecule has 0 radical (unpaired) electrons. The molecule has 1 aliphatic carbocycles. The molecule has 2 aromatic rings. The number of benzene rings is 1. The number of nitrogen functional groups attached to an aromatic ring is 1. The molecule has 1 fully saturated rings. The monoisotopic (exact) mass is 270 g/mol. The van der Waals surface area contributed by atoms with Crippen LogP contribution in [0.3, 0.4) is 0 Å². The van der Waals surface area contributed by atoms with Crippen molar-refractivity contribution in [3.63, 3.8) is 0 Å². The average molecular weight is 270 g/mol. The molecule has 1 aromatic carbocycles. The maximum Gasteiger partial charge on any atom is 0.0457 e. The van der Waals surface area contributed by atoms with E-state index in [9.17, 15) is 0 Å². The molecule has 3 rings (SSSR count). The summed E-state index contributed by atoms with van der Waals surface area (Å²) in [6, 6.07) is 8.12. The fourth-order valence-corrected chi connectivity index (χ4v) is 2.13. The molecule has 108 valence electrons. The Kier molecular flexibility index (Phi) is 3.94. The van der Waals surface area contributed by atoms with Crippen LogP contribution in [0.4, 0.5) is 5.69 Å². The zero-order valence-corrected chi connectivity index (χ0v) is 13.1. The third kappa shape index (κ3) is 3.66. The van der Waals surface area contributed by atoms with Gasteiger partial charge in [-0.3, -0.25) is 0 Å². The highest BCUT2D eigenvalue weighted by atomic mass is 14.7. The summed E-state index contributed by atoms with van der Waals surface area (Å²) in [5.74, 6) is 0.907. The smallest absolute Gasteiger partial charge is 0.0457 e. The van der Waals surface area contributed by atoms with Crippen molar-refractivity contribution < 1.29 is 0 Å². The van der Waals surface area contributed by atoms with E-state index in [4.69, 9.17) is 5.73 Å². The Balaban J connectivity index is 0.000000205. The highest BCUT2D eigenvalue weighted by molar-refractivity contribution is 5.83. The van der Waals surface area contributed by atoms with Crippen molar-refractivity contribution >= 4 is 16.6 Å². The predicted octanol–water partition coefficient (Wildman–Crippen LogP) is 5.02. The van der Waals surface area contributed by atoms with Crippen molar-refractivity contribution in [3.8, 4) is 0 Å². The zero-order valence-electron chi connectivity index (χ0n) is 13.1. The van der Waals surface area contributed by atoms with E-state index in [0.717, 1.165) is 17.1 Å². The second-order valence-corrected chi connectivity index (χ2v) is 6.90. The lowest BCUT2D eigenvalue weighted by atomic mass is 9.92. The first kappa shape index (κ1) is 14.7. The molecule has 0 spiro atoms. The largest absolute Gasteiger partial charge is 0.399 e. The van der Waals surface area contributed by atoms with Crippen molar-refractivity contribution in [2.24, 2.45) is 5.92 Å². The normalized spacial score (nSPS) is 14.8. The molecular weight excluding hydrogens is 244 g/mol. The summed E-state index contributed by atoms with van der Waals surface area (Å²) in [6.45, 7) is 12.5. The molecule has 1 aromatic heterocycles. The average Bonchev–Trinajstić information content (AvgIpc) is 3.09. The van der Waals surface area contributed by atoms with Gasteiger partial charge in [0.15, 0.2) is 0 Å². The lowest BCUT2D eigenvalue weighted by Gasteiger charge is -2.15. The van der Waals surface area contributed by atoms with E-state index < -0.39 is 0 Å². The number of hydrogen-bond acceptors (Lipinski definition) is 1. The highest BCUT2D eigenvalue weighted by Gasteiger charge is 2.20. The third-order valence-corrected chi connectivity index (χ3v) is 3.73.